The normalized spacial score (nSPS) is 4.00. The van der Waals surface area contributed by atoms with Crippen LogP contribution >= 0.6 is 8.58 Å². The molecule has 0 aromatic rings. The molecule has 0 saturated carbocycles. The molecule has 1 atom stereocenters. The summed E-state index contributed by atoms with van der Waals surface area (Å²) in [5, 5.41) is 0. The van der Waals surface area contributed by atoms with Gasteiger partial charge in [0.1, 0.15) is 0 Å². The third kappa shape index (κ3) is 1090. The lowest BCUT2D eigenvalue weighted by molar-refractivity contribution is 1.09. The molecule has 0 N–H and O–H groups in total. The standard InChI is InChI=1S/C3H9P.C3H8.8CH4/c1-3-4-2;1-3-2;;;;;;;;/h4H,3H2,1-2H3;3H2,1-2H3;8*1H4. The van der Waals surface area contributed by atoms with Gasteiger partial charge in [-0.05, 0) is 12.8 Å². The fraction of sp³-hybridized carbons (Fsp3) is 1.00. The van der Waals surface area contributed by atoms with Crippen molar-refractivity contribution in [1.29, 1.82) is 0 Å². The van der Waals surface area contributed by atoms with Gasteiger partial charge in [0.25, 0.3) is 0 Å². The third-order valence-electron chi connectivity index (χ3n) is 0.354. The fourth-order valence-electron chi connectivity index (χ4n) is 0. The quantitative estimate of drug-likeness (QED) is 0.415. The summed E-state index contributed by atoms with van der Waals surface area (Å²) >= 11 is 0. The Hall–Kier alpha value is 0.430. The Morgan fingerprint density at radius 2 is 0.667 bits per heavy atom. The molecule has 0 fully saturated rings. The van der Waals surface area contributed by atoms with Crippen LogP contribution in [0.25, 0.3) is 0 Å². The second-order valence-electron chi connectivity index (χ2n) is 1.41. The highest BCUT2D eigenvalue weighted by atomic mass is 31.1. The average Bonchev–Trinajstić information content (AvgIpc) is 1.69. The summed E-state index contributed by atoms with van der Waals surface area (Å²) in [6, 6.07) is 0. The van der Waals surface area contributed by atoms with Crippen molar-refractivity contribution in [2.24, 2.45) is 0 Å². The molecule has 0 aromatic carbocycles. The number of rotatable bonds is 1. The predicted octanol–water partition coefficient (Wildman–Crippen LogP) is 7.82. The molecule has 110 valence electrons. The Morgan fingerprint density at radius 3 is 0.667 bits per heavy atom. The minimum atomic E-state index is 0. The van der Waals surface area contributed by atoms with Crippen LogP contribution in [0.4, 0.5) is 0 Å². The maximum Gasteiger partial charge on any atom is -0.0385 e. The zero-order valence-electron chi connectivity index (χ0n) is 5.91. The summed E-state index contributed by atoms with van der Waals surface area (Å²) in [4.78, 5) is 0. The Balaban J connectivity index is -0.00000000275. The maximum atomic E-state index is 2.21. The van der Waals surface area contributed by atoms with Gasteiger partial charge in [-0.3, -0.25) is 0 Å². The van der Waals surface area contributed by atoms with E-state index >= 15 is 0 Å². The summed E-state index contributed by atoms with van der Waals surface area (Å²) in [5.41, 5.74) is 0. The van der Waals surface area contributed by atoms with Crippen molar-refractivity contribution >= 4 is 8.58 Å². The van der Waals surface area contributed by atoms with E-state index in [1.54, 1.807) is 0 Å². The molecule has 0 heterocycles. The molecule has 0 aliphatic carbocycles. The third-order valence-corrected chi connectivity index (χ3v) is 1.06. The average molecular weight is 249 g/mol. The van der Waals surface area contributed by atoms with Gasteiger partial charge in [0.15, 0.2) is 0 Å². The van der Waals surface area contributed by atoms with Gasteiger partial charge in [-0.2, -0.15) is 0 Å². The van der Waals surface area contributed by atoms with Crippen molar-refractivity contribution < 1.29 is 0 Å². The van der Waals surface area contributed by atoms with Gasteiger partial charge in [0, 0.05) is 0 Å². The van der Waals surface area contributed by atoms with Crippen molar-refractivity contribution in [1.82, 2.24) is 0 Å². The largest absolute Gasteiger partial charge is 0.126 e. The minimum Gasteiger partial charge on any atom is -0.126 e. The molecule has 0 saturated heterocycles. The zero-order chi connectivity index (χ0) is 6.12. The second kappa shape index (κ2) is 221. The Kier molecular flexibility index (Phi) is 1610. The minimum absolute atomic E-state index is 0. The van der Waals surface area contributed by atoms with E-state index in [4.69, 9.17) is 0 Å². The van der Waals surface area contributed by atoms with E-state index < -0.39 is 0 Å². The molecule has 0 bridgehead atoms. The van der Waals surface area contributed by atoms with Gasteiger partial charge in [0.05, 0.1) is 0 Å². The Labute approximate surface area is 108 Å². The van der Waals surface area contributed by atoms with E-state index in [-0.39, 0.29) is 59.4 Å². The number of hydrogen-bond donors (Lipinski definition) is 0. The molecule has 0 nitrogen and oxygen atoms in total. The van der Waals surface area contributed by atoms with Crippen molar-refractivity contribution in [2.75, 3.05) is 12.8 Å². The molecule has 0 aliphatic rings. The second-order valence-corrected chi connectivity index (χ2v) is 2.83. The molecular formula is C14H49P. The lowest BCUT2D eigenvalue weighted by Gasteiger charge is -1.69. The van der Waals surface area contributed by atoms with Crippen LogP contribution in [-0.4, -0.2) is 12.8 Å². The highest BCUT2D eigenvalue weighted by Crippen LogP contribution is 1.95. The summed E-state index contributed by atoms with van der Waals surface area (Å²) in [7, 11) is 1.14. The Bertz CT molecular complexity index is 12.8. The lowest BCUT2D eigenvalue weighted by Crippen LogP contribution is -1.47. The Morgan fingerprint density at radius 1 is 0.600 bits per heavy atom. The van der Waals surface area contributed by atoms with E-state index in [2.05, 4.69) is 27.4 Å². The van der Waals surface area contributed by atoms with Crippen LogP contribution in [0.5, 0.6) is 0 Å². The summed E-state index contributed by atoms with van der Waals surface area (Å²) < 4.78 is 0. The summed E-state index contributed by atoms with van der Waals surface area (Å²) in [5.74, 6) is 0. The SMILES string of the molecule is C.C.C.C.C.C.C.C.CCC.CCPC. The molecule has 0 radical (unpaired) electrons. The monoisotopic (exact) mass is 248 g/mol. The van der Waals surface area contributed by atoms with Gasteiger partial charge >= 0.3 is 0 Å². The van der Waals surface area contributed by atoms with Gasteiger partial charge < -0.3 is 0 Å². The molecule has 1 heteroatoms. The van der Waals surface area contributed by atoms with E-state index in [0.29, 0.717) is 0 Å². The maximum absolute atomic E-state index is 2.21. The summed E-state index contributed by atoms with van der Waals surface area (Å²) in [6.07, 6.45) is 2.60. The van der Waals surface area contributed by atoms with E-state index in [0.717, 1.165) is 8.58 Å². The van der Waals surface area contributed by atoms with Crippen LogP contribution in [0, 0.1) is 0 Å². The molecule has 1 unspecified atom stereocenters. The van der Waals surface area contributed by atoms with Crippen LogP contribution in [-0.2, 0) is 0 Å². The molecule has 0 aliphatic heterocycles. The first-order valence-electron chi connectivity index (χ1n) is 2.97. The molecular weight excluding hydrogens is 199 g/mol. The van der Waals surface area contributed by atoms with Crippen molar-refractivity contribution in [2.45, 2.75) is 86.6 Å². The van der Waals surface area contributed by atoms with Crippen LogP contribution in [0.3, 0.4) is 0 Å². The van der Waals surface area contributed by atoms with Gasteiger partial charge in [-0.15, -0.1) is 8.58 Å². The highest BCUT2D eigenvalue weighted by molar-refractivity contribution is 7.36. The van der Waals surface area contributed by atoms with E-state index in [1.807, 2.05) is 0 Å². The first-order chi connectivity index (χ1) is 3.33. The van der Waals surface area contributed by atoms with Crippen LogP contribution < -0.4 is 0 Å². The first kappa shape index (κ1) is 109. The van der Waals surface area contributed by atoms with Crippen LogP contribution in [0.1, 0.15) is 86.6 Å². The van der Waals surface area contributed by atoms with Crippen molar-refractivity contribution in [3.8, 4) is 0 Å². The predicted molar refractivity (Wildman–Crippen MR) is 94.6 cm³/mol. The van der Waals surface area contributed by atoms with E-state index in [9.17, 15) is 0 Å². The first-order valence-corrected chi connectivity index (χ1v) is 4.68. The van der Waals surface area contributed by atoms with Crippen molar-refractivity contribution in [3.05, 3.63) is 0 Å². The molecule has 0 amide bonds. The molecule has 0 spiro atoms. The highest BCUT2D eigenvalue weighted by Gasteiger charge is 1.55. The number of hydrogen-bond acceptors (Lipinski definition) is 0. The van der Waals surface area contributed by atoms with Crippen LogP contribution in [0.2, 0.25) is 0 Å². The summed E-state index contributed by atoms with van der Waals surface area (Å²) in [6.45, 7) is 8.65. The van der Waals surface area contributed by atoms with Gasteiger partial charge in [0.2, 0.25) is 0 Å². The molecule has 0 aromatic heterocycles. The smallest absolute Gasteiger partial charge is 0.0385 e. The van der Waals surface area contributed by atoms with Crippen LogP contribution in [0.15, 0.2) is 0 Å². The van der Waals surface area contributed by atoms with Crippen molar-refractivity contribution in [3.63, 3.8) is 0 Å². The van der Waals surface area contributed by atoms with E-state index in [1.165, 1.54) is 12.6 Å². The molecule has 0 rings (SSSR count). The lowest BCUT2D eigenvalue weighted by atomic mass is 10.6. The zero-order valence-corrected chi connectivity index (χ0v) is 6.91. The fourth-order valence-corrected chi connectivity index (χ4v) is 0. The van der Waals surface area contributed by atoms with Gasteiger partial charge in [-0.25, -0.2) is 0 Å². The van der Waals surface area contributed by atoms with Gasteiger partial charge in [-0.1, -0.05) is 86.6 Å². The molecule has 15 heavy (non-hydrogen) atoms. The topological polar surface area (TPSA) is 0 Å².